The van der Waals surface area contributed by atoms with E-state index in [4.69, 9.17) is 4.74 Å². The lowest BCUT2D eigenvalue weighted by Crippen LogP contribution is -2.41. The molecule has 0 bridgehead atoms. The van der Waals surface area contributed by atoms with E-state index in [1.54, 1.807) is 18.3 Å². The molecule has 1 spiro atoms. The highest BCUT2D eigenvalue weighted by Crippen LogP contribution is 2.52. The number of rotatable bonds is 2. The molecular weight excluding hydrogens is 438 g/mol. The van der Waals surface area contributed by atoms with Gasteiger partial charge in [-0.1, -0.05) is 26.0 Å². The van der Waals surface area contributed by atoms with Crippen molar-refractivity contribution < 1.29 is 24.5 Å². The van der Waals surface area contributed by atoms with Gasteiger partial charge in [-0.15, -0.1) is 11.3 Å². The van der Waals surface area contributed by atoms with Crippen LogP contribution in [0.3, 0.4) is 0 Å². The Morgan fingerprint density at radius 1 is 1.24 bits per heavy atom. The molecule has 7 heteroatoms. The number of hydrogen-bond donors (Lipinski definition) is 2. The van der Waals surface area contributed by atoms with Crippen LogP contribution >= 0.6 is 11.3 Å². The highest BCUT2D eigenvalue weighted by molar-refractivity contribution is 7.09. The summed E-state index contributed by atoms with van der Waals surface area (Å²) in [5.41, 5.74) is 0.789. The van der Waals surface area contributed by atoms with E-state index in [1.165, 1.54) is 0 Å². The predicted octanol–water partition coefficient (Wildman–Crippen LogP) is 4.63. The van der Waals surface area contributed by atoms with Gasteiger partial charge in [-0.2, -0.15) is 0 Å². The van der Waals surface area contributed by atoms with Crippen molar-refractivity contribution in [1.29, 1.82) is 0 Å². The van der Waals surface area contributed by atoms with Crippen LogP contribution in [0.5, 0.6) is 0 Å². The smallest absolute Gasteiger partial charge is 0.309 e. The van der Waals surface area contributed by atoms with Gasteiger partial charge in [0.15, 0.2) is 0 Å². The first-order valence-electron chi connectivity index (χ1n) is 12.0. The quantitative estimate of drug-likeness (QED) is 0.478. The number of nitrogens with zero attached hydrogens (tertiary/aromatic N) is 1. The molecule has 2 heterocycles. The number of Topliss-reactive ketones (excluding diaryl/α,β-unsaturated/α-hetero) is 1. The highest BCUT2D eigenvalue weighted by Gasteiger charge is 2.57. The van der Waals surface area contributed by atoms with Crippen molar-refractivity contribution in [3.63, 3.8) is 0 Å². The fourth-order valence-corrected chi connectivity index (χ4v) is 5.28. The van der Waals surface area contributed by atoms with Crippen LogP contribution in [0.15, 0.2) is 23.1 Å². The molecule has 1 saturated carbocycles. The van der Waals surface area contributed by atoms with Gasteiger partial charge >= 0.3 is 5.97 Å². The topological polar surface area (TPSA) is 96.7 Å². The third-order valence-corrected chi connectivity index (χ3v) is 7.92. The van der Waals surface area contributed by atoms with Crippen molar-refractivity contribution >= 4 is 29.2 Å². The van der Waals surface area contributed by atoms with E-state index in [0.29, 0.717) is 19.3 Å². The number of aliphatic hydroxyl groups excluding tert-OH is 2. The number of carbonyl (C=O) groups is 2. The molecule has 2 aliphatic rings. The fraction of sp³-hybridized carbons (Fsp3) is 0.654. The third kappa shape index (κ3) is 6.40. The van der Waals surface area contributed by atoms with Crippen molar-refractivity contribution in [2.24, 2.45) is 17.3 Å². The summed E-state index contributed by atoms with van der Waals surface area (Å²) in [7, 11) is 0. The van der Waals surface area contributed by atoms with Crippen LogP contribution in [0.2, 0.25) is 0 Å². The average molecular weight is 476 g/mol. The Labute approximate surface area is 200 Å². The molecule has 0 radical (unpaired) electrons. The van der Waals surface area contributed by atoms with Gasteiger partial charge in [-0.25, -0.2) is 4.98 Å². The van der Waals surface area contributed by atoms with E-state index >= 15 is 0 Å². The monoisotopic (exact) mass is 475 g/mol. The molecule has 1 aromatic heterocycles. The molecule has 5 atom stereocenters. The molecule has 1 fully saturated rings. The summed E-state index contributed by atoms with van der Waals surface area (Å²) in [6.45, 7) is 7.58. The number of aliphatic hydroxyl groups is 2. The summed E-state index contributed by atoms with van der Waals surface area (Å²) < 4.78 is 5.78. The average Bonchev–Trinajstić information content (AvgIpc) is 3.49. The second kappa shape index (κ2) is 11.1. The summed E-state index contributed by atoms with van der Waals surface area (Å²) in [4.78, 5) is 30.4. The zero-order chi connectivity index (χ0) is 24.2. The first-order chi connectivity index (χ1) is 15.6. The molecule has 3 rings (SSSR count). The Bertz CT molecular complexity index is 900. The SMILES string of the molecule is C/C(=C\c1csc(C)n1)[C@H]1C/C=C\CCC[C@H](C)[C@@H](O)[C@@H](C)C(=O)C2(CC2)[C@@H](O)CC(=O)O1. The Kier molecular flexibility index (Phi) is 8.65. The van der Waals surface area contributed by atoms with Crippen LogP contribution in [0, 0.1) is 24.2 Å². The minimum absolute atomic E-state index is 0.0114. The van der Waals surface area contributed by atoms with Gasteiger partial charge in [0.25, 0.3) is 0 Å². The number of aromatic nitrogens is 1. The van der Waals surface area contributed by atoms with Crippen LogP contribution in [0.1, 0.15) is 76.4 Å². The molecule has 0 saturated heterocycles. The number of ketones is 1. The molecule has 1 aliphatic heterocycles. The summed E-state index contributed by atoms with van der Waals surface area (Å²) in [5.74, 6) is -1.24. The molecule has 0 unspecified atom stereocenters. The number of cyclic esters (lactones) is 1. The fourth-order valence-electron chi connectivity index (χ4n) is 4.71. The Hall–Kier alpha value is -1.83. The number of carbonyl (C=O) groups excluding carboxylic acids is 2. The summed E-state index contributed by atoms with van der Waals surface area (Å²) >= 11 is 1.57. The van der Waals surface area contributed by atoms with Gasteiger partial charge in [0.05, 0.1) is 34.7 Å². The molecule has 1 aliphatic carbocycles. The number of allylic oxidation sites excluding steroid dienone is 1. The van der Waals surface area contributed by atoms with Crippen molar-refractivity contribution in [3.05, 3.63) is 33.8 Å². The normalized spacial score (nSPS) is 33.0. The van der Waals surface area contributed by atoms with Gasteiger partial charge in [-0.05, 0) is 63.5 Å². The van der Waals surface area contributed by atoms with E-state index < -0.39 is 35.6 Å². The maximum Gasteiger partial charge on any atom is 0.309 e. The second-order valence-corrected chi connectivity index (χ2v) is 10.9. The number of esters is 1. The molecule has 0 aromatic carbocycles. The molecule has 0 amide bonds. The van der Waals surface area contributed by atoms with Crippen LogP contribution in [0.4, 0.5) is 0 Å². The van der Waals surface area contributed by atoms with Gasteiger partial charge in [-0.3, -0.25) is 9.59 Å². The lowest BCUT2D eigenvalue weighted by atomic mass is 9.79. The Morgan fingerprint density at radius 3 is 2.61 bits per heavy atom. The van der Waals surface area contributed by atoms with E-state index in [-0.39, 0.29) is 18.1 Å². The first-order valence-corrected chi connectivity index (χ1v) is 12.9. The van der Waals surface area contributed by atoms with E-state index in [0.717, 1.165) is 35.5 Å². The van der Waals surface area contributed by atoms with Crippen molar-refractivity contribution in [3.8, 4) is 0 Å². The van der Waals surface area contributed by atoms with Crippen LogP contribution in [-0.2, 0) is 14.3 Å². The zero-order valence-electron chi connectivity index (χ0n) is 20.1. The van der Waals surface area contributed by atoms with E-state index in [2.05, 4.69) is 11.1 Å². The summed E-state index contributed by atoms with van der Waals surface area (Å²) in [5, 5.41) is 24.5. The molecule has 33 heavy (non-hydrogen) atoms. The summed E-state index contributed by atoms with van der Waals surface area (Å²) in [6.07, 6.45) is 7.70. The molecule has 2 N–H and O–H groups in total. The third-order valence-electron chi connectivity index (χ3n) is 7.13. The highest BCUT2D eigenvalue weighted by atomic mass is 32.1. The van der Waals surface area contributed by atoms with Crippen LogP contribution < -0.4 is 0 Å². The van der Waals surface area contributed by atoms with E-state index in [9.17, 15) is 19.8 Å². The van der Waals surface area contributed by atoms with Crippen molar-refractivity contribution in [2.45, 2.75) is 91.0 Å². The molecule has 1 aromatic rings. The van der Waals surface area contributed by atoms with Gasteiger partial charge < -0.3 is 14.9 Å². The predicted molar refractivity (Wildman–Crippen MR) is 130 cm³/mol. The van der Waals surface area contributed by atoms with Crippen LogP contribution in [0.25, 0.3) is 6.08 Å². The minimum Gasteiger partial charge on any atom is -0.457 e. The molecule has 6 nitrogen and oxygen atoms in total. The second-order valence-electron chi connectivity index (χ2n) is 9.79. The first kappa shape index (κ1) is 25.8. The molecular formula is C26H37NO5S. The number of thiazole rings is 1. The van der Waals surface area contributed by atoms with E-state index in [1.807, 2.05) is 38.3 Å². The standard InChI is InChI=1S/C26H37NO5S/c1-16-9-7-5-6-8-10-21(17(2)13-20-15-33-19(4)27-20)32-23(29)14-22(28)26(11-12-26)25(31)18(3)24(16)30/h6,8,13,15-16,18,21-22,24,28,30H,5,7,9-12,14H2,1-4H3/b8-6-,17-13+/t16-,18+,21+,22-,24+/m0/s1. The number of hydrogen-bond acceptors (Lipinski definition) is 7. The number of ether oxygens (including phenoxy) is 1. The van der Waals surface area contributed by atoms with Crippen molar-refractivity contribution in [2.75, 3.05) is 0 Å². The Morgan fingerprint density at radius 2 is 1.97 bits per heavy atom. The van der Waals surface area contributed by atoms with Gasteiger partial charge in [0.2, 0.25) is 0 Å². The number of aryl methyl sites for hydroxylation is 1. The zero-order valence-corrected chi connectivity index (χ0v) is 20.9. The minimum atomic E-state index is -1.10. The Balaban J connectivity index is 1.80. The summed E-state index contributed by atoms with van der Waals surface area (Å²) in [6, 6.07) is 0. The van der Waals surface area contributed by atoms with Gasteiger partial charge in [0.1, 0.15) is 11.9 Å². The van der Waals surface area contributed by atoms with Crippen LogP contribution in [-0.4, -0.2) is 45.3 Å². The lowest BCUT2D eigenvalue weighted by molar-refractivity contribution is -0.152. The molecule has 182 valence electrons. The lowest BCUT2D eigenvalue weighted by Gasteiger charge is -2.29. The van der Waals surface area contributed by atoms with Gasteiger partial charge in [0, 0.05) is 17.7 Å². The largest absolute Gasteiger partial charge is 0.457 e. The maximum absolute atomic E-state index is 13.2. The maximum atomic E-state index is 13.2. The van der Waals surface area contributed by atoms with Crippen molar-refractivity contribution in [1.82, 2.24) is 4.98 Å².